The fourth-order valence-electron chi connectivity index (χ4n) is 4.76. The molecule has 3 aromatic heterocycles. The number of benzene rings is 4. The third-order valence-corrected chi connectivity index (χ3v) is 6.31. The van der Waals surface area contributed by atoms with E-state index in [9.17, 15) is 5.11 Å². The number of pyridine rings is 2. The predicted molar refractivity (Wildman–Crippen MR) is 138 cm³/mol. The average Bonchev–Trinajstić information content (AvgIpc) is 3.23. The summed E-state index contributed by atoms with van der Waals surface area (Å²) in [4.78, 5) is 9.18. The molecule has 0 bridgehead atoms. The summed E-state index contributed by atoms with van der Waals surface area (Å²) in [5.41, 5.74) is 2.43. The van der Waals surface area contributed by atoms with E-state index in [4.69, 9.17) is 4.74 Å². The number of fused-ring (bicyclic) bond motifs is 6. The van der Waals surface area contributed by atoms with Crippen LogP contribution in [-0.4, -0.2) is 19.6 Å². The van der Waals surface area contributed by atoms with Crippen molar-refractivity contribution in [1.29, 1.82) is 0 Å². The number of aromatic hydroxyl groups is 1. The third-order valence-electron chi connectivity index (χ3n) is 6.31. The molecule has 0 fully saturated rings. The molecule has 0 aliphatic rings. The maximum absolute atomic E-state index is 10.6. The van der Waals surface area contributed by atoms with Crippen LogP contribution in [-0.2, 0) is 20.4 Å². The van der Waals surface area contributed by atoms with Crippen LogP contribution in [0.15, 0.2) is 103 Å². The number of para-hydroxylation sites is 1. The van der Waals surface area contributed by atoms with E-state index in [2.05, 4.69) is 32.7 Å². The van der Waals surface area contributed by atoms with Crippen molar-refractivity contribution < 1.29 is 30.3 Å². The van der Waals surface area contributed by atoms with Crippen LogP contribution in [0, 0.1) is 6.07 Å². The number of ether oxygens (including phenoxy) is 1. The summed E-state index contributed by atoms with van der Waals surface area (Å²) in [6, 6.07) is 34.9. The van der Waals surface area contributed by atoms with Gasteiger partial charge in [0.1, 0.15) is 17.1 Å². The fraction of sp³-hybridized carbons (Fsp3) is 0. The number of hydrogen-bond acceptors (Lipinski definition) is 4. The second kappa shape index (κ2) is 8.76. The normalized spacial score (nSPS) is 11.2. The first kappa shape index (κ1) is 22.2. The van der Waals surface area contributed by atoms with Gasteiger partial charge in [0, 0.05) is 49.3 Å². The largest absolute Gasteiger partial charge is 0.506 e. The number of hydrogen-bond donors (Lipinski definition) is 1. The molecule has 7 rings (SSSR count). The van der Waals surface area contributed by atoms with Gasteiger partial charge >= 0.3 is 0 Å². The Bertz CT molecular complexity index is 1900. The van der Waals surface area contributed by atoms with Crippen molar-refractivity contribution >= 4 is 43.5 Å². The Kier molecular flexibility index (Phi) is 5.41. The molecule has 0 radical (unpaired) electrons. The quantitative estimate of drug-likeness (QED) is 0.142. The molecule has 36 heavy (non-hydrogen) atoms. The van der Waals surface area contributed by atoms with Crippen molar-refractivity contribution in [2.75, 3.05) is 0 Å². The van der Waals surface area contributed by atoms with Crippen LogP contribution in [0.2, 0.25) is 0 Å². The first-order valence-electron chi connectivity index (χ1n) is 11.3. The number of rotatable bonds is 3. The van der Waals surface area contributed by atoms with E-state index in [0.717, 1.165) is 43.8 Å². The third kappa shape index (κ3) is 3.51. The van der Waals surface area contributed by atoms with E-state index in [1.807, 2.05) is 78.9 Å². The zero-order valence-corrected chi connectivity index (χ0v) is 20.4. The standard InChI is InChI=1S/C30H18N3O2.Pd/c34-27-17-19-7-1-2-8-21(19)24-14-15-29(32-30(24)27)35-20-12-13-23-22-9-3-4-10-25(22)33(26(23)18-20)28-11-5-6-16-31-28;/h1-17,34H;/q-1;. The molecule has 6 heteroatoms. The Hall–Kier alpha value is -4.24. The summed E-state index contributed by atoms with van der Waals surface area (Å²) < 4.78 is 8.22. The molecular weight excluding hydrogens is 541 g/mol. The van der Waals surface area contributed by atoms with Crippen molar-refractivity contribution in [2.24, 2.45) is 0 Å². The van der Waals surface area contributed by atoms with Gasteiger partial charge in [0.05, 0.1) is 0 Å². The molecule has 0 spiro atoms. The molecule has 4 aromatic carbocycles. The van der Waals surface area contributed by atoms with E-state index >= 15 is 0 Å². The molecule has 1 N–H and O–H groups in total. The van der Waals surface area contributed by atoms with Crippen molar-refractivity contribution in [3.8, 4) is 23.2 Å². The Morgan fingerprint density at radius 1 is 0.750 bits per heavy atom. The summed E-state index contributed by atoms with van der Waals surface area (Å²) in [5, 5.41) is 15.7. The molecule has 0 aliphatic heterocycles. The molecule has 5 nitrogen and oxygen atoms in total. The van der Waals surface area contributed by atoms with Gasteiger partial charge in [-0.3, -0.25) is 0 Å². The van der Waals surface area contributed by atoms with Gasteiger partial charge in [-0.15, -0.1) is 17.5 Å². The minimum Gasteiger partial charge on any atom is -0.506 e. The number of phenolic OH excluding ortho intramolecular Hbond substituents is 1. The number of aromatic nitrogens is 3. The molecule has 0 unspecified atom stereocenters. The smallest absolute Gasteiger partial charge is 0.217 e. The van der Waals surface area contributed by atoms with E-state index in [0.29, 0.717) is 17.1 Å². The van der Waals surface area contributed by atoms with Crippen molar-refractivity contribution in [2.45, 2.75) is 0 Å². The van der Waals surface area contributed by atoms with E-state index in [1.54, 1.807) is 12.3 Å². The molecule has 0 atom stereocenters. The number of phenols is 1. The van der Waals surface area contributed by atoms with Crippen LogP contribution in [0.4, 0.5) is 0 Å². The fourth-order valence-corrected chi connectivity index (χ4v) is 4.76. The maximum Gasteiger partial charge on any atom is 0.217 e. The van der Waals surface area contributed by atoms with Crippen LogP contribution in [0.1, 0.15) is 0 Å². The minimum absolute atomic E-state index is 0. The summed E-state index contributed by atoms with van der Waals surface area (Å²) in [6.45, 7) is 0. The van der Waals surface area contributed by atoms with Gasteiger partial charge in [0.25, 0.3) is 0 Å². The predicted octanol–water partition coefficient (Wildman–Crippen LogP) is 7.18. The summed E-state index contributed by atoms with van der Waals surface area (Å²) in [7, 11) is 0. The Morgan fingerprint density at radius 3 is 2.39 bits per heavy atom. The van der Waals surface area contributed by atoms with Gasteiger partial charge in [-0.05, 0) is 46.5 Å². The SMILES string of the molecule is Oc1cc2ccccc2c2ccc(Oc3[c-]c4c(cc3)c3ccccc3n4-c3ccccn3)nc12.[Pd]. The van der Waals surface area contributed by atoms with E-state index in [-0.39, 0.29) is 26.2 Å². The zero-order chi connectivity index (χ0) is 23.4. The summed E-state index contributed by atoms with van der Waals surface area (Å²) in [6.07, 6.45) is 1.78. The van der Waals surface area contributed by atoms with Gasteiger partial charge < -0.3 is 14.4 Å². The zero-order valence-electron chi connectivity index (χ0n) is 18.8. The van der Waals surface area contributed by atoms with Gasteiger partial charge in [0.2, 0.25) is 5.88 Å². The molecule has 7 aromatic rings. The molecule has 0 saturated heterocycles. The van der Waals surface area contributed by atoms with Crippen molar-refractivity contribution in [1.82, 2.24) is 14.5 Å². The maximum atomic E-state index is 10.6. The first-order chi connectivity index (χ1) is 17.3. The molecule has 176 valence electrons. The average molecular weight is 559 g/mol. The van der Waals surface area contributed by atoms with Gasteiger partial charge in [-0.2, -0.15) is 6.07 Å². The Morgan fingerprint density at radius 2 is 1.53 bits per heavy atom. The van der Waals surface area contributed by atoms with Gasteiger partial charge in [-0.25, -0.2) is 9.97 Å². The van der Waals surface area contributed by atoms with E-state index < -0.39 is 0 Å². The Labute approximate surface area is 220 Å². The molecule has 0 amide bonds. The molecular formula is C30H18N3O2Pd-. The Balaban J connectivity index is 0.00000240. The van der Waals surface area contributed by atoms with E-state index in [1.165, 1.54) is 0 Å². The van der Waals surface area contributed by atoms with Crippen molar-refractivity contribution in [3.63, 3.8) is 0 Å². The molecule has 3 heterocycles. The monoisotopic (exact) mass is 558 g/mol. The summed E-state index contributed by atoms with van der Waals surface area (Å²) in [5.74, 6) is 1.86. The first-order valence-corrected chi connectivity index (χ1v) is 11.3. The van der Waals surface area contributed by atoms with Crippen LogP contribution >= 0.6 is 0 Å². The second-order valence-electron chi connectivity index (χ2n) is 8.39. The van der Waals surface area contributed by atoms with Crippen LogP contribution < -0.4 is 4.74 Å². The summed E-state index contributed by atoms with van der Waals surface area (Å²) >= 11 is 0. The second-order valence-corrected chi connectivity index (χ2v) is 8.39. The molecule has 0 aliphatic carbocycles. The minimum atomic E-state index is 0. The van der Waals surface area contributed by atoms with Gasteiger partial charge in [-0.1, -0.05) is 54.0 Å². The van der Waals surface area contributed by atoms with Crippen LogP contribution in [0.25, 0.3) is 49.3 Å². The number of nitrogens with zero attached hydrogens (tertiary/aromatic N) is 3. The van der Waals surface area contributed by atoms with Crippen LogP contribution in [0.5, 0.6) is 17.4 Å². The van der Waals surface area contributed by atoms with Crippen LogP contribution in [0.3, 0.4) is 0 Å². The topological polar surface area (TPSA) is 60.2 Å². The molecule has 0 saturated carbocycles. The van der Waals surface area contributed by atoms with Gasteiger partial charge in [0.15, 0.2) is 0 Å². The van der Waals surface area contributed by atoms with Crippen molar-refractivity contribution in [3.05, 3.63) is 109 Å².